The van der Waals surface area contributed by atoms with Crippen molar-refractivity contribution in [1.29, 1.82) is 0 Å². The number of nitrogens with two attached hydrogens (primary N) is 1. The van der Waals surface area contributed by atoms with Gasteiger partial charge in [-0.1, -0.05) is 12.1 Å². The molecule has 2 N–H and O–H groups in total. The van der Waals surface area contributed by atoms with E-state index in [2.05, 4.69) is 5.10 Å². The summed E-state index contributed by atoms with van der Waals surface area (Å²) in [5.74, 6) is 0.511. The maximum absolute atomic E-state index is 10.7. The van der Waals surface area contributed by atoms with Crippen molar-refractivity contribution in [3.05, 3.63) is 40.6 Å². The number of para-hydroxylation sites is 2. The molecule has 0 radical (unpaired) electrons. The van der Waals surface area contributed by atoms with Gasteiger partial charge in [-0.15, -0.1) is 0 Å². The van der Waals surface area contributed by atoms with E-state index in [0.717, 1.165) is 6.20 Å². The summed E-state index contributed by atoms with van der Waals surface area (Å²) in [5.41, 5.74) is 5.99. The number of benzene rings is 1. The molecule has 0 aliphatic carbocycles. The van der Waals surface area contributed by atoms with Crippen LogP contribution in [0.3, 0.4) is 0 Å². The highest BCUT2D eigenvalue weighted by molar-refractivity contribution is 5.59. The van der Waals surface area contributed by atoms with Crippen LogP contribution in [-0.4, -0.2) is 21.8 Å². The first-order valence-electron chi connectivity index (χ1n) is 4.76. The molecule has 0 bridgehead atoms. The molecule has 7 heteroatoms. The van der Waals surface area contributed by atoms with Crippen molar-refractivity contribution in [3.8, 4) is 11.4 Å². The summed E-state index contributed by atoms with van der Waals surface area (Å²) < 4.78 is 6.41. The van der Waals surface area contributed by atoms with E-state index in [1.165, 1.54) is 11.8 Å². The summed E-state index contributed by atoms with van der Waals surface area (Å²) in [6.45, 7) is 0. The molecule has 0 atom stereocenters. The van der Waals surface area contributed by atoms with Gasteiger partial charge in [0.2, 0.25) is 5.82 Å². The standard InChI is InChI=1S/C10H10N4O3/c1-17-9-5-3-2-4-7(9)13-10(11)8(6-12-13)14(15)16/h2-6H,11H2,1H3. The highest BCUT2D eigenvalue weighted by Crippen LogP contribution is 2.28. The van der Waals surface area contributed by atoms with E-state index >= 15 is 0 Å². The zero-order valence-corrected chi connectivity index (χ0v) is 9.03. The Morgan fingerprint density at radius 2 is 2.18 bits per heavy atom. The van der Waals surface area contributed by atoms with Crippen LogP contribution in [0.15, 0.2) is 30.5 Å². The zero-order valence-electron chi connectivity index (χ0n) is 9.03. The van der Waals surface area contributed by atoms with Crippen LogP contribution in [0.25, 0.3) is 5.69 Å². The van der Waals surface area contributed by atoms with Crippen LogP contribution in [0.4, 0.5) is 11.5 Å². The van der Waals surface area contributed by atoms with Gasteiger partial charge in [0.05, 0.1) is 12.0 Å². The molecule has 2 aromatic rings. The van der Waals surface area contributed by atoms with Gasteiger partial charge in [-0.25, -0.2) is 4.68 Å². The first-order chi connectivity index (χ1) is 8.15. The minimum Gasteiger partial charge on any atom is -0.494 e. The van der Waals surface area contributed by atoms with Crippen molar-refractivity contribution in [3.63, 3.8) is 0 Å². The largest absolute Gasteiger partial charge is 0.494 e. The third kappa shape index (κ3) is 1.78. The van der Waals surface area contributed by atoms with E-state index in [4.69, 9.17) is 10.5 Å². The Morgan fingerprint density at radius 3 is 2.76 bits per heavy atom. The van der Waals surface area contributed by atoms with Crippen LogP contribution in [0.2, 0.25) is 0 Å². The summed E-state index contributed by atoms with van der Waals surface area (Å²) >= 11 is 0. The van der Waals surface area contributed by atoms with Gasteiger partial charge in [-0.05, 0) is 12.1 Å². The molecule has 1 heterocycles. The highest BCUT2D eigenvalue weighted by Gasteiger charge is 2.19. The summed E-state index contributed by atoms with van der Waals surface area (Å²) in [6, 6.07) is 7.00. The molecule has 0 saturated heterocycles. The molecule has 1 aromatic heterocycles. The third-order valence-electron chi connectivity index (χ3n) is 2.30. The van der Waals surface area contributed by atoms with Gasteiger partial charge in [0.15, 0.2) is 0 Å². The lowest BCUT2D eigenvalue weighted by molar-refractivity contribution is -0.383. The Bertz CT molecular complexity index is 564. The number of nitrogen functional groups attached to an aromatic ring is 1. The SMILES string of the molecule is COc1ccccc1-n1ncc([N+](=O)[O-])c1N. The van der Waals surface area contributed by atoms with E-state index in [1.807, 2.05) is 0 Å². The van der Waals surface area contributed by atoms with Gasteiger partial charge in [0.25, 0.3) is 0 Å². The average molecular weight is 234 g/mol. The Kier molecular flexibility index (Phi) is 2.65. The molecule has 0 fully saturated rings. The number of anilines is 1. The lowest BCUT2D eigenvalue weighted by Gasteiger charge is -2.08. The van der Waals surface area contributed by atoms with Crippen molar-refractivity contribution in [1.82, 2.24) is 9.78 Å². The fraction of sp³-hybridized carbons (Fsp3) is 0.100. The monoisotopic (exact) mass is 234 g/mol. The molecule has 2 rings (SSSR count). The first kappa shape index (κ1) is 10.9. The number of ether oxygens (including phenoxy) is 1. The summed E-state index contributed by atoms with van der Waals surface area (Å²) in [6.07, 6.45) is 1.11. The van der Waals surface area contributed by atoms with Gasteiger partial charge in [-0.2, -0.15) is 5.10 Å². The average Bonchev–Trinajstić information content (AvgIpc) is 2.71. The molecule has 0 unspecified atom stereocenters. The van der Waals surface area contributed by atoms with Crippen LogP contribution in [0.5, 0.6) is 5.75 Å². The predicted molar refractivity (Wildman–Crippen MR) is 61.2 cm³/mol. The van der Waals surface area contributed by atoms with E-state index < -0.39 is 4.92 Å². The quantitative estimate of drug-likeness (QED) is 0.639. The van der Waals surface area contributed by atoms with E-state index in [0.29, 0.717) is 11.4 Å². The topological polar surface area (TPSA) is 96.2 Å². The highest BCUT2D eigenvalue weighted by atomic mass is 16.6. The second kappa shape index (κ2) is 4.12. The Morgan fingerprint density at radius 1 is 1.47 bits per heavy atom. The van der Waals surface area contributed by atoms with Gasteiger partial charge < -0.3 is 10.5 Å². The van der Waals surface area contributed by atoms with Crippen LogP contribution in [0, 0.1) is 10.1 Å². The number of nitro groups is 1. The second-order valence-corrected chi connectivity index (χ2v) is 3.26. The molecule has 7 nitrogen and oxygen atoms in total. The molecule has 0 aliphatic rings. The zero-order chi connectivity index (χ0) is 12.4. The van der Waals surface area contributed by atoms with Crippen molar-refractivity contribution >= 4 is 11.5 Å². The van der Waals surface area contributed by atoms with Crippen LogP contribution < -0.4 is 10.5 Å². The van der Waals surface area contributed by atoms with Crippen LogP contribution >= 0.6 is 0 Å². The van der Waals surface area contributed by atoms with Crippen LogP contribution in [-0.2, 0) is 0 Å². The van der Waals surface area contributed by atoms with E-state index in [9.17, 15) is 10.1 Å². The lowest BCUT2D eigenvalue weighted by atomic mass is 10.3. The molecule has 0 aliphatic heterocycles. The van der Waals surface area contributed by atoms with E-state index in [1.54, 1.807) is 24.3 Å². The molecule has 0 spiro atoms. The predicted octanol–water partition coefficient (Wildman–Crippen LogP) is 1.37. The maximum Gasteiger partial charge on any atom is 0.331 e. The number of aromatic nitrogens is 2. The van der Waals surface area contributed by atoms with Crippen molar-refractivity contribution in [2.45, 2.75) is 0 Å². The lowest BCUT2D eigenvalue weighted by Crippen LogP contribution is -2.04. The number of rotatable bonds is 3. The van der Waals surface area contributed by atoms with Crippen LogP contribution in [0.1, 0.15) is 0 Å². The minimum absolute atomic E-state index is 0.0282. The Hall–Kier alpha value is -2.57. The van der Waals surface area contributed by atoms with E-state index in [-0.39, 0.29) is 11.5 Å². The fourth-order valence-electron chi connectivity index (χ4n) is 1.49. The third-order valence-corrected chi connectivity index (χ3v) is 2.30. The number of nitrogens with zero attached hydrogens (tertiary/aromatic N) is 3. The smallest absolute Gasteiger partial charge is 0.331 e. The van der Waals surface area contributed by atoms with Gasteiger partial charge in [-0.3, -0.25) is 10.1 Å². The van der Waals surface area contributed by atoms with Gasteiger partial charge in [0.1, 0.15) is 17.6 Å². The molecule has 1 aromatic carbocycles. The molecule has 17 heavy (non-hydrogen) atoms. The molecule has 0 amide bonds. The summed E-state index contributed by atoms with van der Waals surface area (Å²) in [7, 11) is 1.51. The number of hydrogen-bond acceptors (Lipinski definition) is 5. The van der Waals surface area contributed by atoms with Crippen molar-refractivity contribution in [2.75, 3.05) is 12.8 Å². The normalized spacial score (nSPS) is 10.2. The molecular weight excluding hydrogens is 224 g/mol. The molecular formula is C10H10N4O3. The first-order valence-corrected chi connectivity index (χ1v) is 4.76. The van der Waals surface area contributed by atoms with Crippen molar-refractivity contribution < 1.29 is 9.66 Å². The van der Waals surface area contributed by atoms with Gasteiger partial charge >= 0.3 is 5.69 Å². The molecule has 0 saturated carbocycles. The number of methoxy groups -OCH3 is 1. The number of hydrogen-bond donors (Lipinski definition) is 1. The van der Waals surface area contributed by atoms with Crippen molar-refractivity contribution in [2.24, 2.45) is 0 Å². The Labute approximate surface area is 96.6 Å². The summed E-state index contributed by atoms with van der Waals surface area (Å²) in [4.78, 5) is 10.1. The molecule has 88 valence electrons. The minimum atomic E-state index is -0.575. The Balaban J connectivity index is 2.57. The summed E-state index contributed by atoms with van der Waals surface area (Å²) in [5, 5.41) is 14.5. The van der Waals surface area contributed by atoms with Gasteiger partial charge in [0, 0.05) is 0 Å². The maximum atomic E-state index is 10.7. The second-order valence-electron chi connectivity index (χ2n) is 3.26. The fourth-order valence-corrected chi connectivity index (χ4v) is 1.49.